The largest absolute Gasteiger partial charge is 0.652 e. The molecule has 0 aromatic heterocycles. The van der Waals surface area contributed by atoms with Crippen molar-refractivity contribution >= 4 is 37.7 Å². The molecule has 0 saturated carbocycles. The Bertz CT molecular complexity index is 739. The van der Waals surface area contributed by atoms with Crippen LogP contribution in [-0.2, 0) is 0 Å². The Morgan fingerprint density at radius 2 is 0.769 bits per heavy atom. The summed E-state index contributed by atoms with van der Waals surface area (Å²) in [5.41, 5.74) is 0. The summed E-state index contributed by atoms with van der Waals surface area (Å²) in [7, 11) is 0. The van der Waals surface area contributed by atoms with E-state index in [2.05, 4.69) is 0 Å². The molecule has 3 aromatic rings. The second kappa shape index (κ2) is 9.34. The Morgan fingerprint density at radius 1 is 0.577 bits per heavy atom. The Balaban J connectivity index is 0.000000552. The van der Waals surface area contributed by atoms with Crippen molar-refractivity contribution in [3.63, 3.8) is 0 Å². The molecule has 0 aliphatic rings. The fourth-order valence-corrected chi connectivity index (χ4v) is 10.9. The Morgan fingerprint density at radius 3 is 0.962 bits per heavy atom. The molecule has 0 bridgehead atoms. The van der Waals surface area contributed by atoms with Gasteiger partial charge >= 0.3 is 135 Å². The van der Waals surface area contributed by atoms with Crippen LogP contribution in [0.1, 0.15) is 0 Å². The molecule has 26 heavy (non-hydrogen) atoms. The van der Waals surface area contributed by atoms with Gasteiger partial charge in [-0.2, -0.15) is 0 Å². The summed E-state index contributed by atoms with van der Waals surface area (Å²) < 4.78 is 42.7. The molecule has 0 aliphatic heterocycles. The number of carboxylic acid groups (broad SMARTS) is 2. The Labute approximate surface area is 156 Å². The maximum absolute atomic E-state index is 13.2. The van der Waals surface area contributed by atoms with Crippen LogP contribution in [0.5, 0.6) is 0 Å². The minimum atomic E-state index is -2.65. The maximum Gasteiger partial charge on any atom is -0.0431 e. The van der Waals surface area contributed by atoms with Crippen LogP contribution in [0.3, 0.4) is 0 Å². The van der Waals surface area contributed by atoms with Crippen molar-refractivity contribution in [1.82, 2.24) is 0 Å². The Kier molecular flexibility index (Phi) is 7.16. The molecule has 0 aliphatic carbocycles. The van der Waals surface area contributed by atoms with E-state index in [4.69, 9.17) is 15.0 Å². The van der Waals surface area contributed by atoms with Gasteiger partial charge in [0.15, 0.2) is 0 Å². The molecule has 0 unspecified atom stereocenters. The van der Waals surface area contributed by atoms with Crippen LogP contribution >= 0.6 is 0 Å². The van der Waals surface area contributed by atoms with Gasteiger partial charge < -0.3 is 15.0 Å². The van der Waals surface area contributed by atoms with Gasteiger partial charge in [-0.05, 0) is 6.16 Å². The first-order chi connectivity index (χ1) is 12.4. The molecule has 3 aromatic carbocycles. The fourth-order valence-electron chi connectivity index (χ4n) is 2.22. The Hall–Kier alpha value is -2.40. The van der Waals surface area contributed by atoms with E-state index in [1.165, 1.54) is 36.4 Å². The van der Waals surface area contributed by atoms with Crippen molar-refractivity contribution in [2.24, 2.45) is 0 Å². The van der Waals surface area contributed by atoms with Crippen LogP contribution in [-0.4, -0.2) is 27.9 Å². The molecular formula is C19H12BiF3O3-2. The van der Waals surface area contributed by atoms with Gasteiger partial charge in [0, 0.05) is 0 Å². The SMILES string of the molecule is Fc1cc[c]([Bi]([c]2ccc(F)cc2)[c]2ccc(F)cc2)cc1.O=C([O-])[O-]. The van der Waals surface area contributed by atoms with Crippen LogP contribution in [0.15, 0.2) is 72.8 Å². The average molecular weight is 554 g/mol. The van der Waals surface area contributed by atoms with Gasteiger partial charge in [-0.15, -0.1) is 0 Å². The number of carbonyl (C=O) groups is 1. The van der Waals surface area contributed by atoms with Crippen LogP contribution in [0.25, 0.3) is 0 Å². The summed E-state index contributed by atoms with van der Waals surface area (Å²) in [5.74, 6) is -0.859. The van der Waals surface area contributed by atoms with Crippen molar-refractivity contribution in [3.8, 4) is 0 Å². The molecule has 0 spiro atoms. The predicted octanol–water partition coefficient (Wildman–Crippen LogP) is 0.173. The van der Waals surface area contributed by atoms with Crippen LogP contribution in [0.2, 0.25) is 0 Å². The quantitative estimate of drug-likeness (QED) is 0.435. The van der Waals surface area contributed by atoms with Crippen molar-refractivity contribution in [1.29, 1.82) is 0 Å². The van der Waals surface area contributed by atoms with E-state index in [0.717, 1.165) is 9.81 Å². The van der Waals surface area contributed by atoms with Crippen LogP contribution in [0, 0.1) is 17.5 Å². The topological polar surface area (TPSA) is 63.2 Å². The third kappa shape index (κ3) is 5.85. The number of hydrogen-bond acceptors (Lipinski definition) is 3. The molecule has 0 N–H and O–H groups in total. The number of benzene rings is 3. The molecule has 3 rings (SSSR count). The van der Waals surface area contributed by atoms with Crippen molar-refractivity contribution < 1.29 is 28.2 Å². The molecule has 134 valence electrons. The molecule has 0 saturated heterocycles. The molecule has 0 atom stereocenters. The summed E-state index contributed by atoms with van der Waals surface area (Å²) >= 11 is -2.65. The fraction of sp³-hybridized carbons (Fsp3) is 0. The van der Waals surface area contributed by atoms with Crippen LogP contribution < -0.4 is 20.0 Å². The predicted molar refractivity (Wildman–Crippen MR) is 89.3 cm³/mol. The smallest absolute Gasteiger partial charge is 0.0431 e. The molecule has 7 heteroatoms. The summed E-state index contributed by atoms with van der Waals surface area (Å²) in [4.78, 5) is 8.33. The van der Waals surface area contributed by atoms with Gasteiger partial charge in [-0.3, -0.25) is 0 Å². The summed E-state index contributed by atoms with van der Waals surface area (Å²) in [6, 6.07) is 19.3. The molecule has 0 radical (unpaired) electrons. The zero-order valence-corrected chi connectivity index (χ0v) is 16.7. The van der Waals surface area contributed by atoms with E-state index in [1.54, 1.807) is 36.4 Å². The minimum Gasteiger partial charge on any atom is -0.652 e. The zero-order chi connectivity index (χ0) is 19.1. The summed E-state index contributed by atoms with van der Waals surface area (Å²) in [6.45, 7) is 0. The number of carbonyl (C=O) groups excluding carboxylic acids is 1. The molecule has 0 amide bonds. The van der Waals surface area contributed by atoms with E-state index < -0.39 is 27.9 Å². The van der Waals surface area contributed by atoms with Crippen LogP contribution in [0.4, 0.5) is 18.0 Å². The first-order valence-electron chi connectivity index (χ1n) is 7.31. The second-order valence-corrected chi connectivity index (χ2v) is 13.6. The maximum atomic E-state index is 13.2. The standard InChI is InChI=1S/3C6H4F.CH2O3.Bi/c3*7-6-4-2-1-3-5-6;2-1(3)4;/h3*2-5H;(H2,2,3,4);/p-2. The summed E-state index contributed by atoms with van der Waals surface area (Å²) in [5, 5.41) is 16.7. The van der Waals surface area contributed by atoms with E-state index >= 15 is 0 Å². The van der Waals surface area contributed by atoms with E-state index in [-0.39, 0.29) is 17.5 Å². The monoisotopic (exact) mass is 554 g/mol. The number of halogens is 3. The minimum absolute atomic E-state index is 0.286. The van der Waals surface area contributed by atoms with E-state index in [0.29, 0.717) is 0 Å². The first-order valence-corrected chi connectivity index (χ1v) is 12.5. The number of rotatable bonds is 3. The molecule has 3 nitrogen and oxygen atoms in total. The van der Waals surface area contributed by atoms with E-state index in [1.807, 2.05) is 0 Å². The van der Waals surface area contributed by atoms with Gasteiger partial charge in [0.25, 0.3) is 0 Å². The van der Waals surface area contributed by atoms with Gasteiger partial charge in [-0.1, -0.05) is 0 Å². The molecular weight excluding hydrogens is 542 g/mol. The van der Waals surface area contributed by atoms with Crippen molar-refractivity contribution in [2.45, 2.75) is 0 Å². The van der Waals surface area contributed by atoms with Crippen molar-refractivity contribution in [2.75, 3.05) is 0 Å². The zero-order valence-electron chi connectivity index (χ0n) is 13.2. The van der Waals surface area contributed by atoms with Gasteiger partial charge in [0.2, 0.25) is 0 Å². The van der Waals surface area contributed by atoms with Crippen molar-refractivity contribution in [3.05, 3.63) is 90.2 Å². The second-order valence-electron chi connectivity index (χ2n) is 5.01. The summed E-state index contributed by atoms with van der Waals surface area (Å²) in [6.07, 6.45) is -2.33. The van der Waals surface area contributed by atoms with Gasteiger partial charge in [-0.25, -0.2) is 0 Å². The van der Waals surface area contributed by atoms with Gasteiger partial charge in [0.1, 0.15) is 0 Å². The number of hydrogen-bond donors (Lipinski definition) is 0. The first kappa shape index (κ1) is 19.9. The van der Waals surface area contributed by atoms with E-state index in [9.17, 15) is 13.2 Å². The third-order valence-electron chi connectivity index (χ3n) is 3.25. The molecule has 0 fully saturated rings. The average Bonchev–Trinajstić information content (AvgIpc) is 2.60. The van der Waals surface area contributed by atoms with Gasteiger partial charge in [0.05, 0.1) is 0 Å². The normalized spacial score (nSPS) is 10.2. The molecule has 0 heterocycles. The third-order valence-corrected chi connectivity index (χ3v) is 12.8.